The largest absolute Gasteiger partial charge is 0.288 e. The van der Waals surface area contributed by atoms with Crippen LogP contribution in [0.5, 0.6) is 0 Å². The van der Waals surface area contributed by atoms with Gasteiger partial charge in [-0.3, -0.25) is 4.40 Å². The molecule has 1 N–H and O–H groups in total. The van der Waals surface area contributed by atoms with E-state index < -0.39 is 10.0 Å². The highest BCUT2D eigenvalue weighted by molar-refractivity contribution is 7.89. The van der Waals surface area contributed by atoms with E-state index in [1.54, 1.807) is 29.4 Å². The number of halogens is 1. The first-order valence-electron chi connectivity index (χ1n) is 6.48. The van der Waals surface area contributed by atoms with Crippen LogP contribution in [0.15, 0.2) is 29.4 Å². The zero-order chi connectivity index (χ0) is 14.2. The van der Waals surface area contributed by atoms with Crippen LogP contribution in [0.2, 0.25) is 5.15 Å². The Kier molecular flexibility index (Phi) is 3.68. The number of nitrogens with one attached hydrogen (secondary N) is 1. The van der Waals surface area contributed by atoms with Gasteiger partial charge in [-0.2, -0.15) is 0 Å². The number of piperidine rings is 1. The van der Waals surface area contributed by atoms with Crippen LogP contribution in [0.25, 0.3) is 5.65 Å². The van der Waals surface area contributed by atoms with Crippen molar-refractivity contribution in [2.75, 3.05) is 13.1 Å². The van der Waals surface area contributed by atoms with Crippen LogP contribution in [-0.2, 0) is 10.0 Å². The third-order valence-electron chi connectivity index (χ3n) is 3.31. The van der Waals surface area contributed by atoms with Crippen LogP contribution >= 0.6 is 11.6 Å². The second-order valence-electron chi connectivity index (χ2n) is 4.78. The van der Waals surface area contributed by atoms with E-state index in [2.05, 4.69) is 9.82 Å². The molecule has 8 heteroatoms. The van der Waals surface area contributed by atoms with Gasteiger partial charge in [0.25, 0.3) is 10.0 Å². The molecule has 2 aromatic heterocycles. The average Bonchev–Trinajstić information content (AvgIpc) is 2.75. The Morgan fingerprint density at radius 3 is 2.70 bits per heavy atom. The number of hydrogen-bond acceptors (Lipinski definition) is 4. The predicted molar refractivity (Wildman–Crippen MR) is 75.9 cm³/mol. The van der Waals surface area contributed by atoms with Crippen molar-refractivity contribution in [2.24, 2.45) is 0 Å². The topological polar surface area (TPSA) is 66.7 Å². The van der Waals surface area contributed by atoms with Crippen molar-refractivity contribution in [3.63, 3.8) is 0 Å². The van der Waals surface area contributed by atoms with Crippen LogP contribution in [0.3, 0.4) is 0 Å². The molecule has 0 aromatic carbocycles. The minimum absolute atomic E-state index is 0.0132. The molecule has 0 spiro atoms. The number of imidazole rings is 1. The van der Waals surface area contributed by atoms with Gasteiger partial charge >= 0.3 is 0 Å². The van der Waals surface area contributed by atoms with E-state index in [0.717, 1.165) is 19.3 Å². The van der Waals surface area contributed by atoms with E-state index in [1.165, 1.54) is 4.40 Å². The summed E-state index contributed by atoms with van der Waals surface area (Å²) in [5.41, 5.74) is 0.511. The number of rotatable bonds is 3. The molecule has 108 valence electrons. The molecule has 0 radical (unpaired) electrons. The Balaban J connectivity index is 1.98. The molecule has 20 heavy (non-hydrogen) atoms. The number of pyridine rings is 1. The molecule has 2 aromatic rings. The number of sulfonamides is 1. The van der Waals surface area contributed by atoms with Crippen molar-refractivity contribution in [3.8, 4) is 0 Å². The van der Waals surface area contributed by atoms with Crippen molar-refractivity contribution in [3.05, 3.63) is 29.5 Å². The fraction of sp³-hybridized carbons (Fsp3) is 0.417. The van der Waals surface area contributed by atoms with E-state index in [9.17, 15) is 8.42 Å². The number of nitrogens with zero attached hydrogens (tertiary/aromatic N) is 3. The Labute approximate surface area is 122 Å². The highest BCUT2D eigenvalue weighted by atomic mass is 35.5. The Morgan fingerprint density at radius 2 is 1.95 bits per heavy atom. The summed E-state index contributed by atoms with van der Waals surface area (Å²) in [5, 5.41) is 1.69. The van der Waals surface area contributed by atoms with Gasteiger partial charge in [0.05, 0.1) is 0 Å². The molecule has 0 saturated carbocycles. The van der Waals surface area contributed by atoms with Crippen LogP contribution in [0, 0.1) is 0 Å². The fourth-order valence-corrected chi connectivity index (χ4v) is 4.16. The van der Waals surface area contributed by atoms with Crippen molar-refractivity contribution < 1.29 is 8.42 Å². The molecule has 1 aliphatic heterocycles. The summed E-state index contributed by atoms with van der Waals surface area (Å²) >= 11 is 6.00. The van der Waals surface area contributed by atoms with Crippen LogP contribution < -0.4 is 4.83 Å². The monoisotopic (exact) mass is 314 g/mol. The van der Waals surface area contributed by atoms with Gasteiger partial charge in [0.2, 0.25) is 0 Å². The van der Waals surface area contributed by atoms with Crippen molar-refractivity contribution >= 4 is 27.3 Å². The summed E-state index contributed by atoms with van der Waals surface area (Å²) in [6, 6.07) is 5.24. The molecular formula is C12H15ClN4O2S. The zero-order valence-electron chi connectivity index (χ0n) is 10.8. The van der Waals surface area contributed by atoms with E-state index >= 15 is 0 Å². The first-order chi connectivity index (χ1) is 9.58. The normalized spacial score (nSPS) is 17.6. The maximum atomic E-state index is 12.5. The summed E-state index contributed by atoms with van der Waals surface area (Å²) in [5.74, 6) is 0. The lowest BCUT2D eigenvalue weighted by molar-refractivity contribution is 0.199. The van der Waals surface area contributed by atoms with Crippen LogP contribution in [0.1, 0.15) is 19.3 Å². The molecule has 1 saturated heterocycles. The second-order valence-corrected chi connectivity index (χ2v) is 6.71. The average molecular weight is 315 g/mol. The van der Waals surface area contributed by atoms with Crippen molar-refractivity contribution in [1.29, 1.82) is 0 Å². The molecule has 1 aliphatic rings. The summed E-state index contributed by atoms with van der Waals surface area (Å²) in [6.07, 6.45) is 4.75. The number of hydrogen-bond donors (Lipinski definition) is 1. The van der Waals surface area contributed by atoms with Crippen LogP contribution in [0.4, 0.5) is 0 Å². The van der Waals surface area contributed by atoms with E-state index in [-0.39, 0.29) is 10.2 Å². The predicted octanol–water partition coefficient (Wildman–Crippen LogP) is 1.67. The molecule has 0 atom stereocenters. The lowest BCUT2D eigenvalue weighted by Crippen LogP contribution is -2.45. The summed E-state index contributed by atoms with van der Waals surface area (Å²) < 4.78 is 26.5. The molecule has 6 nitrogen and oxygen atoms in total. The highest BCUT2D eigenvalue weighted by Crippen LogP contribution is 2.22. The highest BCUT2D eigenvalue weighted by Gasteiger charge is 2.26. The first-order valence-corrected chi connectivity index (χ1v) is 8.34. The van der Waals surface area contributed by atoms with Gasteiger partial charge < -0.3 is 0 Å². The third-order valence-corrected chi connectivity index (χ3v) is 5.08. The third kappa shape index (κ3) is 2.54. The first kappa shape index (κ1) is 13.8. The summed E-state index contributed by atoms with van der Waals surface area (Å²) in [6.45, 7) is 1.43. The Bertz CT molecular complexity index is 722. The van der Waals surface area contributed by atoms with Gasteiger partial charge in [0.15, 0.2) is 10.2 Å². The number of aromatic nitrogens is 2. The molecule has 0 aliphatic carbocycles. The molecular weight excluding hydrogens is 300 g/mol. The van der Waals surface area contributed by atoms with E-state index in [0.29, 0.717) is 18.7 Å². The Morgan fingerprint density at radius 1 is 1.20 bits per heavy atom. The molecule has 3 rings (SSSR count). The maximum Gasteiger partial charge on any atom is 0.272 e. The molecule has 1 fully saturated rings. The number of fused-ring (bicyclic) bond motifs is 1. The molecule has 0 amide bonds. The quantitative estimate of drug-likeness (QED) is 0.936. The van der Waals surface area contributed by atoms with Gasteiger partial charge in [-0.1, -0.05) is 24.1 Å². The minimum atomic E-state index is -3.73. The second kappa shape index (κ2) is 5.33. The molecule has 0 bridgehead atoms. The standard InChI is InChI=1S/C12H15ClN4O2S/c13-11-12(17-9-5-2-6-10(17)14-11)20(18,19)15-16-7-3-1-4-8-16/h2,5-6,9,15H,1,3-4,7-8H2. The molecule has 0 unspecified atom stereocenters. The van der Waals surface area contributed by atoms with Crippen molar-refractivity contribution in [1.82, 2.24) is 19.2 Å². The van der Waals surface area contributed by atoms with Gasteiger partial charge in [-0.25, -0.2) is 18.4 Å². The minimum Gasteiger partial charge on any atom is -0.288 e. The van der Waals surface area contributed by atoms with Crippen molar-refractivity contribution in [2.45, 2.75) is 24.3 Å². The van der Waals surface area contributed by atoms with E-state index in [1.807, 2.05) is 0 Å². The fourth-order valence-electron chi connectivity index (χ4n) is 2.38. The van der Waals surface area contributed by atoms with Crippen LogP contribution in [-0.4, -0.2) is 35.9 Å². The summed E-state index contributed by atoms with van der Waals surface area (Å²) in [7, 11) is -3.73. The Hall–Kier alpha value is -1.15. The summed E-state index contributed by atoms with van der Waals surface area (Å²) in [4.78, 5) is 6.65. The van der Waals surface area contributed by atoms with Gasteiger partial charge in [0.1, 0.15) is 5.65 Å². The maximum absolute atomic E-state index is 12.5. The lowest BCUT2D eigenvalue weighted by atomic mass is 10.2. The lowest BCUT2D eigenvalue weighted by Gasteiger charge is -2.26. The van der Waals surface area contributed by atoms with E-state index in [4.69, 9.17) is 11.6 Å². The molecule has 3 heterocycles. The van der Waals surface area contributed by atoms with Gasteiger partial charge in [0, 0.05) is 19.3 Å². The zero-order valence-corrected chi connectivity index (χ0v) is 12.4. The van der Waals surface area contributed by atoms with Gasteiger partial charge in [-0.05, 0) is 25.0 Å². The SMILES string of the molecule is O=S(=O)(NN1CCCCC1)c1c(Cl)nc2ccccn12. The van der Waals surface area contributed by atoms with Gasteiger partial charge in [-0.15, -0.1) is 4.83 Å². The smallest absolute Gasteiger partial charge is 0.272 e. The number of hydrazine groups is 1.